The molecule has 0 bridgehead atoms. The van der Waals surface area contributed by atoms with E-state index in [1.165, 1.54) is 12.1 Å². The number of cyclic esters (lactones) is 1. The van der Waals surface area contributed by atoms with Gasteiger partial charge in [0.15, 0.2) is 17.2 Å². The Hall–Kier alpha value is -3.45. The van der Waals surface area contributed by atoms with E-state index in [2.05, 4.69) is 27.0 Å². The van der Waals surface area contributed by atoms with Crippen molar-refractivity contribution in [2.45, 2.75) is 20.5 Å². The molecule has 5 nitrogen and oxygen atoms in total. The predicted molar refractivity (Wildman–Crippen MR) is 128 cm³/mol. The van der Waals surface area contributed by atoms with Crippen molar-refractivity contribution in [1.29, 1.82) is 0 Å². The lowest BCUT2D eigenvalue weighted by atomic mass is 10.1. The highest BCUT2D eigenvalue weighted by molar-refractivity contribution is 9.10. The molecule has 0 aliphatic carbocycles. The molecule has 3 aromatic rings. The molecule has 1 aliphatic rings. The van der Waals surface area contributed by atoms with E-state index in [1.807, 2.05) is 32.0 Å². The molecule has 0 saturated heterocycles. The number of halogens is 2. The van der Waals surface area contributed by atoms with Gasteiger partial charge in [0.1, 0.15) is 12.4 Å². The summed E-state index contributed by atoms with van der Waals surface area (Å²) in [4.78, 5) is 16.5. The number of aryl methyl sites for hydroxylation is 1. The standard InChI is InChI=1S/C26H21BrFNO4/c1-3-31-23-14-18(12-20(27)24(23)32-15-17-8-6-7-16(2)11-17)13-22-26(30)33-25(29-22)19-9-4-5-10-21(19)28/h4-14H,3,15H2,1-2H3. The van der Waals surface area contributed by atoms with Crippen molar-refractivity contribution in [2.75, 3.05) is 6.61 Å². The fraction of sp³-hybridized carbons (Fsp3) is 0.154. The summed E-state index contributed by atoms with van der Waals surface area (Å²) in [6, 6.07) is 17.6. The first-order valence-corrected chi connectivity index (χ1v) is 11.2. The van der Waals surface area contributed by atoms with Crippen LogP contribution in [0.1, 0.15) is 29.2 Å². The predicted octanol–water partition coefficient (Wildman–Crippen LogP) is 6.22. The van der Waals surface area contributed by atoms with Gasteiger partial charge < -0.3 is 14.2 Å². The molecule has 0 aromatic heterocycles. The maximum absolute atomic E-state index is 14.0. The van der Waals surface area contributed by atoms with Crippen molar-refractivity contribution >= 4 is 33.9 Å². The summed E-state index contributed by atoms with van der Waals surface area (Å²) in [6.45, 7) is 4.72. The maximum atomic E-state index is 14.0. The lowest BCUT2D eigenvalue weighted by Gasteiger charge is -2.15. The highest BCUT2D eigenvalue weighted by Crippen LogP contribution is 2.38. The van der Waals surface area contributed by atoms with Crippen LogP contribution in [0.5, 0.6) is 11.5 Å². The lowest BCUT2D eigenvalue weighted by Crippen LogP contribution is -2.07. The van der Waals surface area contributed by atoms with E-state index in [0.29, 0.717) is 34.7 Å². The summed E-state index contributed by atoms with van der Waals surface area (Å²) >= 11 is 3.54. The normalized spacial score (nSPS) is 14.2. The number of esters is 1. The number of nitrogens with zero attached hydrogens (tertiary/aromatic N) is 1. The highest BCUT2D eigenvalue weighted by atomic mass is 79.9. The van der Waals surface area contributed by atoms with Crippen molar-refractivity contribution in [3.05, 3.63) is 98.9 Å². The molecule has 0 unspecified atom stereocenters. The van der Waals surface area contributed by atoms with Crippen LogP contribution >= 0.6 is 15.9 Å². The number of aliphatic imine (C=N–C) groups is 1. The van der Waals surface area contributed by atoms with Crippen LogP contribution in [0.2, 0.25) is 0 Å². The number of carbonyl (C=O) groups excluding carboxylic acids is 1. The Balaban J connectivity index is 1.62. The van der Waals surface area contributed by atoms with Gasteiger partial charge in [0.05, 0.1) is 16.6 Å². The molecule has 0 fully saturated rings. The molecule has 7 heteroatoms. The maximum Gasteiger partial charge on any atom is 0.363 e. The van der Waals surface area contributed by atoms with Gasteiger partial charge in [0.2, 0.25) is 5.90 Å². The Bertz CT molecular complexity index is 1270. The molecule has 0 spiro atoms. The molecular formula is C26H21BrFNO4. The van der Waals surface area contributed by atoms with E-state index in [9.17, 15) is 9.18 Å². The summed E-state index contributed by atoms with van der Waals surface area (Å²) in [7, 11) is 0. The van der Waals surface area contributed by atoms with Gasteiger partial charge in [-0.3, -0.25) is 0 Å². The Morgan fingerprint density at radius 2 is 1.91 bits per heavy atom. The SMILES string of the molecule is CCOc1cc(C=C2N=C(c3ccccc3F)OC2=O)cc(Br)c1OCc1cccc(C)c1. The van der Waals surface area contributed by atoms with E-state index >= 15 is 0 Å². The number of carbonyl (C=O) groups is 1. The van der Waals surface area contributed by atoms with Gasteiger partial charge in [-0.15, -0.1) is 0 Å². The first-order valence-electron chi connectivity index (χ1n) is 10.4. The number of ether oxygens (including phenoxy) is 3. The minimum atomic E-state index is -0.651. The van der Waals surface area contributed by atoms with E-state index in [0.717, 1.165) is 11.1 Å². The van der Waals surface area contributed by atoms with Gasteiger partial charge in [0, 0.05) is 0 Å². The quantitative estimate of drug-likeness (QED) is 0.280. The van der Waals surface area contributed by atoms with E-state index in [1.54, 1.807) is 30.3 Å². The Labute approximate surface area is 199 Å². The molecule has 33 heavy (non-hydrogen) atoms. The number of hydrogen-bond acceptors (Lipinski definition) is 5. The van der Waals surface area contributed by atoms with Crippen molar-refractivity contribution in [2.24, 2.45) is 4.99 Å². The second-order valence-electron chi connectivity index (χ2n) is 7.36. The topological polar surface area (TPSA) is 57.1 Å². The highest BCUT2D eigenvalue weighted by Gasteiger charge is 2.26. The van der Waals surface area contributed by atoms with E-state index < -0.39 is 11.8 Å². The molecule has 0 atom stereocenters. The molecular weight excluding hydrogens is 489 g/mol. The average molecular weight is 510 g/mol. The van der Waals surface area contributed by atoms with Crippen molar-refractivity contribution in [3.63, 3.8) is 0 Å². The number of benzene rings is 3. The van der Waals surface area contributed by atoms with Crippen molar-refractivity contribution in [3.8, 4) is 11.5 Å². The summed E-state index contributed by atoms with van der Waals surface area (Å²) in [5.74, 6) is -0.142. The van der Waals surface area contributed by atoms with Gasteiger partial charge in [-0.2, -0.15) is 0 Å². The van der Waals surface area contributed by atoms with Crippen molar-refractivity contribution < 1.29 is 23.4 Å². The first kappa shape index (κ1) is 22.7. The molecule has 1 heterocycles. The molecule has 3 aromatic carbocycles. The van der Waals surface area contributed by atoms with Crippen LogP contribution in [0, 0.1) is 12.7 Å². The average Bonchev–Trinajstić information content (AvgIpc) is 3.13. The fourth-order valence-electron chi connectivity index (χ4n) is 3.35. The Morgan fingerprint density at radius 3 is 2.67 bits per heavy atom. The fourth-order valence-corrected chi connectivity index (χ4v) is 3.92. The molecule has 0 N–H and O–H groups in total. The van der Waals surface area contributed by atoms with E-state index in [-0.39, 0.29) is 17.2 Å². The van der Waals surface area contributed by atoms with Gasteiger partial charge in [-0.05, 0) is 71.2 Å². The van der Waals surface area contributed by atoms with Crippen LogP contribution in [0.4, 0.5) is 4.39 Å². The zero-order chi connectivity index (χ0) is 23.4. The zero-order valence-corrected chi connectivity index (χ0v) is 19.7. The smallest absolute Gasteiger partial charge is 0.363 e. The Kier molecular flexibility index (Phi) is 6.89. The van der Waals surface area contributed by atoms with Gasteiger partial charge in [-0.1, -0.05) is 42.0 Å². The van der Waals surface area contributed by atoms with Crippen LogP contribution in [-0.4, -0.2) is 18.5 Å². The third-order valence-electron chi connectivity index (χ3n) is 4.83. The van der Waals surface area contributed by atoms with Crippen LogP contribution in [0.3, 0.4) is 0 Å². The molecule has 1 aliphatic heterocycles. The first-order chi connectivity index (χ1) is 15.9. The second kappa shape index (κ2) is 10.0. The molecule has 0 radical (unpaired) electrons. The zero-order valence-electron chi connectivity index (χ0n) is 18.1. The summed E-state index contributed by atoms with van der Waals surface area (Å²) in [6.07, 6.45) is 1.56. The second-order valence-corrected chi connectivity index (χ2v) is 8.21. The lowest BCUT2D eigenvalue weighted by molar-refractivity contribution is -0.129. The summed E-state index contributed by atoms with van der Waals surface area (Å²) < 4.78 is 31.7. The third kappa shape index (κ3) is 5.31. The van der Waals surface area contributed by atoms with Gasteiger partial charge in [0.25, 0.3) is 0 Å². The van der Waals surface area contributed by atoms with Crippen LogP contribution in [0.15, 0.2) is 75.8 Å². The van der Waals surface area contributed by atoms with Crippen molar-refractivity contribution in [1.82, 2.24) is 0 Å². The molecule has 168 valence electrons. The summed E-state index contributed by atoms with van der Waals surface area (Å²) in [5, 5.41) is 0. The van der Waals surface area contributed by atoms with E-state index in [4.69, 9.17) is 14.2 Å². The third-order valence-corrected chi connectivity index (χ3v) is 5.41. The van der Waals surface area contributed by atoms with Crippen LogP contribution < -0.4 is 9.47 Å². The minimum absolute atomic E-state index is 0.0634. The molecule has 0 amide bonds. The Morgan fingerprint density at radius 1 is 1.09 bits per heavy atom. The number of hydrogen-bond donors (Lipinski definition) is 0. The van der Waals surface area contributed by atoms with Gasteiger partial charge >= 0.3 is 5.97 Å². The largest absolute Gasteiger partial charge is 0.490 e. The molecule has 0 saturated carbocycles. The molecule has 4 rings (SSSR count). The monoisotopic (exact) mass is 509 g/mol. The minimum Gasteiger partial charge on any atom is -0.490 e. The van der Waals surface area contributed by atoms with Gasteiger partial charge in [-0.25, -0.2) is 14.2 Å². The summed E-state index contributed by atoms with van der Waals surface area (Å²) in [5.41, 5.74) is 3.04. The van der Waals surface area contributed by atoms with Crippen LogP contribution in [0.25, 0.3) is 6.08 Å². The number of rotatable bonds is 7. The van der Waals surface area contributed by atoms with Crippen LogP contribution in [-0.2, 0) is 16.1 Å².